The molecule has 3 rings (SSSR count). The van der Waals surface area contributed by atoms with E-state index in [4.69, 9.17) is 0 Å². The molecular formula is C19H29NO. The number of aliphatic hydroxyl groups excluding tert-OH is 1. The molecule has 0 spiro atoms. The number of nitrogens with zero attached hydrogens (tertiary/aromatic N) is 1. The summed E-state index contributed by atoms with van der Waals surface area (Å²) < 4.78 is 0. The fourth-order valence-corrected chi connectivity index (χ4v) is 4.31. The van der Waals surface area contributed by atoms with Crippen LogP contribution in [-0.2, 0) is 6.42 Å². The Kier molecular flexibility index (Phi) is 4.54. The van der Waals surface area contributed by atoms with Gasteiger partial charge in [-0.05, 0) is 36.8 Å². The van der Waals surface area contributed by atoms with Crippen molar-refractivity contribution in [3.63, 3.8) is 0 Å². The van der Waals surface area contributed by atoms with Gasteiger partial charge in [-0.15, -0.1) is 0 Å². The van der Waals surface area contributed by atoms with Gasteiger partial charge in [0.05, 0.1) is 6.61 Å². The summed E-state index contributed by atoms with van der Waals surface area (Å²) in [4.78, 5) is 2.56. The van der Waals surface area contributed by atoms with Crippen LogP contribution in [-0.4, -0.2) is 24.8 Å². The standard InChI is InChI=1S/C19H29NO/c1-16-12-17-8-4-5-9-18(17)20(13-16)14-19(15-21)10-6-2-3-7-11-19/h4-5,8-9,16,21H,2-3,6-7,10-15H2,1H3. The highest BCUT2D eigenvalue weighted by Crippen LogP contribution is 2.39. The molecule has 0 bridgehead atoms. The Balaban J connectivity index is 1.82. The van der Waals surface area contributed by atoms with Gasteiger partial charge in [-0.25, -0.2) is 0 Å². The van der Waals surface area contributed by atoms with E-state index in [-0.39, 0.29) is 5.41 Å². The van der Waals surface area contributed by atoms with Gasteiger partial charge in [0.25, 0.3) is 0 Å². The fraction of sp³-hybridized carbons (Fsp3) is 0.684. The van der Waals surface area contributed by atoms with E-state index in [1.54, 1.807) is 0 Å². The van der Waals surface area contributed by atoms with Gasteiger partial charge in [-0.1, -0.05) is 50.8 Å². The van der Waals surface area contributed by atoms with E-state index in [0.717, 1.165) is 13.1 Å². The number of hydrogen-bond acceptors (Lipinski definition) is 2. The van der Waals surface area contributed by atoms with Crippen LogP contribution in [0.4, 0.5) is 5.69 Å². The van der Waals surface area contributed by atoms with E-state index in [2.05, 4.69) is 36.1 Å². The number of para-hydroxylation sites is 1. The van der Waals surface area contributed by atoms with Crippen molar-refractivity contribution in [2.24, 2.45) is 11.3 Å². The minimum atomic E-state index is 0.126. The van der Waals surface area contributed by atoms with Crippen LogP contribution in [0.15, 0.2) is 24.3 Å². The van der Waals surface area contributed by atoms with Gasteiger partial charge < -0.3 is 10.0 Å². The van der Waals surface area contributed by atoms with Crippen LogP contribution >= 0.6 is 0 Å². The van der Waals surface area contributed by atoms with Gasteiger partial charge >= 0.3 is 0 Å². The van der Waals surface area contributed by atoms with Crippen LogP contribution in [0.25, 0.3) is 0 Å². The number of rotatable bonds is 3. The van der Waals surface area contributed by atoms with Crippen molar-refractivity contribution in [3.05, 3.63) is 29.8 Å². The Morgan fingerprint density at radius 1 is 1.14 bits per heavy atom. The lowest BCUT2D eigenvalue weighted by atomic mass is 9.79. The third-order valence-electron chi connectivity index (χ3n) is 5.46. The molecule has 0 radical (unpaired) electrons. The Morgan fingerprint density at radius 2 is 1.86 bits per heavy atom. The van der Waals surface area contributed by atoms with Crippen molar-refractivity contribution < 1.29 is 5.11 Å². The molecule has 1 fully saturated rings. The predicted molar refractivity (Wildman–Crippen MR) is 88.7 cm³/mol. The lowest BCUT2D eigenvalue weighted by Crippen LogP contribution is -2.44. The minimum Gasteiger partial charge on any atom is -0.396 e. The second-order valence-corrected chi connectivity index (χ2v) is 7.39. The molecule has 1 aliphatic carbocycles. The molecule has 2 aliphatic rings. The first-order valence-corrected chi connectivity index (χ1v) is 8.66. The molecule has 1 unspecified atom stereocenters. The fourth-order valence-electron chi connectivity index (χ4n) is 4.31. The largest absolute Gasteiger partial charge is 0.396 e. The summed E-state index contributed by atoms with van der Waals surface area (Å²) in [6.45, 7) is 4.87. The lowest BCUT2D eigenvalue weighted by Gasteiger charge is -2.42. The zero-order valence-corrected chi connectivity index (χ0v) is 13.4. The summed E-state index contributed by atoms with van der Waals surface area (Å²) >= 11 is 0. The monoisotopic (exact) mass is 287 g/mol. The molecule has 0 saturated heterocycles. The molecular weight excluding hydrogens is 258 g/mol. The molecule has 1 atom stereocenters. The number of fused-ring (bicyclic) bond motifs is 1. The first-order chi connectivity index (χ1) is 10.2. The van der Waals surface area contributed by atoms with Gasteiger partial charge in [-0.2, -0.15) is 0 Å². The Labute approximate surface area is 129 Å². The highest BCUT2D eigenvalue weighted by Gasteiger charge is 2.34. The SMILES string of the molecule is CC1Cc2ccccc2N(CC2(CO)CCCCCC2)C1. The number of hydrogen-bond donors (Lipinski definition) is 1. The van der Waals surface area contributed by atoms with Crippen molar-refractivity contribution in [2.75, 3.05) is 24.6 Å². The molecule has 1 saturated carbocycles. The maximum Gasteiger partial charge on any atom is 0.0504 e. The molecule has 21 heavy (non-hydrogen) atoms. The van der Waals surface area contributed by atoms with Gasteiger partial charge in [-0.3, -0.25) is 0 Å². The van der Waals surface area contributed by atoms with Gasteiger partial charge in [0.15, 0.2) is 0 Å². The quantitative estimate of drug-likeness (QED) is 0.849. The van der Waals surface area contributed by atoms with Gasteiger partial charge in [0.2, 0.25) is 0 Å². The Bertz CT molecular complexity index is 462. The normalized spacial score (nSPS) is 25.2. The molecule has 1 aromatic carbocycles. The van der Waals surface area contributed by atoms with Crippen LogP contribution in [0.1, 0.15) is 51.0 Å². The van der Waals surface area contributed by atoms with E-state index in [9.17, 15) is 5.11 Å². The van der Waals surface area contributed by atoms with Crippen LogP contribution in [0.3, 0.4) is 0 Å². The maximum atomic E-state index is 10.1. The first-order valence-electron chi connectivity index (χ1n) is 8.66. The summed E-state index contributed by atoms with van der Waals surface area (Å²) in [5, 5.41) is 10.1. The van der Waals surface area contributed by atoms with E-state index >= 15 is 0 Å². The Morgan fingerprint density at radius 3 is 2.57 bits per heavy atom. The van der Waals surface area contributed by atoms with Gasteiger partial charge in [0.1, 0.15) is 0 Å². The highest BCUT2D eigenvalue weighted by molar-refractivity contribution is 5.56. The summed E-state index contributed by atoms with van der Waals surface area (Å²) in [5.41, 5.74) is 3.02. The molecule has 1 aromatic rings. The van der Waals surface area contributed by atoms with Crippen LogP contribution in [0.2, 0.25) is 0 Å². The summed E-state index contributed by atoms with van der Waals surface area (Å²) in [6, 6.07) is 8.85. The van der Waals surface area contributed by atoms with E-state index in [0.29, 0.717) is 12.5 Å². The predicted octanol–water partition coefficient (Wildman–Crippen LogP) is 4.02. The third-order valence-corrected chi connectivity index (χ3v) is 5.46. The van der Waals surface area contributed by atoms with Crippen molar-refractivity contribution in [3.8, 4) is 0 Å². The molecule has 2 heteroatoms. The van der Waals surface area contributed by atoms with Gasteiger partial charge in [0, 0.05) is 24.2 Å². The second-order valence-electron chi connectivity index (χ2n) is 7.39. The van der Waals surface area contributed by atoms with Crippen LogP contribution < -0.4 is 4.90 Å². The van der Waals surface area contributed by atoms with Crippen molar-refractivity contribution in [1.82, 2.24) is 0 Å². The van der Waals surface area contributed by atoms with E-state index in [1.807, 2.05) is 0 Å². The first kappa shape index (κ1) is 14.9. The van der Waals surface area contributed by atoms with Crippen molar-refractivity contribution in [2.45, 2.75) is 51.9 Å². The van der Waals surface area contributed by atoms with Crippen LogP contribution in [0, 0.1) is 11.3 Å². The van der Waals surface area contributed by atoms with Crippen molar-refractivity contribution in [1.29, 1.82) is 0 Å². The molecule has 1 aliphatic heterocycles. The van der Waals surface area contributed by atoms with Crippen LogP contribution in [0.5, 0.6) is 0 Å². The number of aliphatic hydroxyl groups is 1. The highest BCUT2D eigenvalue weighted by atomic mass is 16.3. The molecule has 2 nitrogen and oxygen atoms in total. The van der Waals surface area contributed by atoms with E-state index in [1.165, 1.54) is 56.2 Å². The summed E-state index contributed by atoms with van der Waals surface area (Å²) in [6.07, 6.45) is 8.83. The smallest absolute Gasteiger partial charge is 0.0504 e. The minimum absolute atomic E-state index is 0.126. The van der Waals surface area contributed by atoms with Crippen molar-refractivity contribution >= 4 is 5.69 Å². The molecule has 0 aromatic heterocycles. The average Bonchev–Trinajstić information content (AvgIpc) is 2.73. The summed E-state index contributed by atoms with van der Waals surface area (Å²) in [7, 11) is 0. The molecule has 116 valence electrons. The Hall–Kier alpha value is -1.02. The maximum absolute atomic E-state index is 10.1. The summed E-state index contributed by atoms with van der Waals surface area (Å²) in [5.74, 6) is 0.710. The van der Waals surface area contributed by atoms with E-state index < -0.39 is 0 Å². The zero-order valence-electron chi connectivity index (χ0n) is 13.4. The second kappa shape index (κ2) is 6.39. The molecule has 1 N–H and O–H groups in total. The number of benzene rings is 1. The number of anilines is 1. The lowest BCUT2D eigenvalue weighted by molar-refractivity contribution is 0.111. The average molecular weight is 287 g/mol. The topological polar surface area (TPSA) is 23.5 Å². The molecule has 0 amide bonds. The zero-order chi connectivity index (χ0) is 14.7. The molecule has 1 heterocycles. The third kappa shape index (κ3) is 3.26.